The molecule has 0 aliphatic carbocycles. The summed E-state index contributed by atoms with van der Waals surface area (Å²) < 4.78 is 5.91. The number of hydrogen-bond acceptors (Lipinski definition) is 2. The van der Waals surface area contributed by atoms with Gasteiger partial charge in [0.1, 0.15) is 5.75 Å². The van der Waals surface area contributed by atoms with Crippen molar-refractivity contribution in [2.24, 2.45) is 5.41 Å². The molecule has 102 valence electrons. The fraction of sp³-hybridized carbons (Fsp3) is 0.625. The minimum atomic E-state index is 0.145. The van der Waals surface area contributed by atoms with Crippen LogP contribution in [0, 0.1) is 5.41 Å². The fourth-order valence-corrected chi connectivity index (χ4v) is 1.67. The van der Waals surface area contributed by atoms with Crippen molar-refractivity contribution < 1.29 is 4.74 Å². The van der Waals surface area contributed by atoms with Crippen LogP contribution in [0.2, 0.25) is 0 Å². The first-order valence-corrected chi connectivity index (χ1v) is 6.88. The van der Waals surface area contributed by atoms with E-state index < -0.39 is 0 Å². The first-order chi connectivity index (χ1) is 8.43. The smallest absolute Gasteiger partial charge is 0.119 e. The highest BCUT2D eigenvalue weighted by molar-refractivity contribution is 5.28. The Hall–Kier alpha value is -1.02. The van der Waals surface area contributed by atoms with Crippen LogP contribution >= 0.6 is 0 Å². The summed E-state index contributed by atoms with van der Waals surface area (Å²) in [4.78, 5) is 0. The molecule has 1 aromatic carbocycles. The predicted molar refractivity (Wildman–Crippen MR) is 78.2 cm³/mol. The second-order valence-electron chi connectivity index (χ2n) is 5.99. The van der Waals surface area contributed by atoms with Crippen LogP contribution in [0.5, 0.6) is 5.75 Å². The van der Waals surface area contributed by atoms with Gasteiger partial charge in [0.25, 0.3) is 0 Å². The van der Waals surface area contributed by atoms with Crippen molar-refractivity contribution in [2.45, 2.75) is 47.1 Å². The van der Waals surface area contributed by atoms with E-state index in [9.17, 15) is 0 Å². The van der Waals surface area contributed by atoms with Crippen LogP contribution in [0.4, 0.5) is 0 Å². The summed E-state index contributed by atoms with van der Waals surface area (Å²) >= 11 is 0. The van der Waals surface area contributed by atoms with Crippen LogP contribution in [0.1, 0.15) is 40.2 Å². The van der Waals surface area contributed by atoms with Gasteiger partial charge in [-0.3, -0.25) is 0 Å². The van der Waals surface area contributed by atoms with Crippen molar-refractivity contribution in [1.29, 1.82) is 0 Å². The Kier molecular flexibility index (Phi) is 5.67. The summed E-state index contributed by atoms with van der Waals surface area (Å²) in [5, 5.41) is 3.46. The van der Waals surface area contributed by atoms with Crippen molar-refractivity contribution in [3.8, 4) is 5.75 Å². The first kappa shape index (κ1) is 15.0. The SMILES string of the molecule is CCc1cccc(OCC(C)(C)CNC(C)C)c1. The molecule has 0 spiro atoms. The van der Waals surface area contributed by atoms with Gasteiger partial charge in [-0.15, -0.1) is 0 Å². The van der Waals surface area contributed by atoms with Gasteiger partial charge in [0.2, 0.25) is 0 Å². The first-order valence-electron chi connectivity index (χ1n) is 6.88. The van der Waals surface area contributed by atoms with Gasteiger partial charge in [-0.25, -0.2) is 0 Å². The molecule has 0 amide bonds. The van der Waals surface area contributed by atoms with Crippen LogP contribution in [0.3, 0.4) is 0 Å². The third-order valence-electron chi connectivity index (χ3n) is 2.93. The van der Waals surface area contributed by atoms with Gasteiger partial charge in [0.05, 0.1) is 6.61 Å². The molecule has 1 N–H and O–H groups in total. The third-order valence-corrected chi connectivity index (χ3v) is 2.93. The summed E-state index contributed by atoms with van der Waals surface area (Å²) in [7, 11) is 0. The molecule has 0 aliphatic heterocycles. The highest BCUT2D eigenvalue weighted by Gasteiger charge is 2.19. The molecule has 2 nitrogen and oxygen atoms in total. The monoisotopic (exact) mass is 249 g/mol. The second-order valence-corrected chi connectivity index (χ2v) is 5.99. The van der Waals surface area contributed by atoms with Crippen LogP contribution in [-0.2, 0) is 6.42 Å². The zero-order chi connectivity index (χ0) is 13.6. The van der Waals surface area contributed by atoms with Crippen LogP contribution in [-0.4, -0.2) is 19.2 Å². The average Bonchev–Trinajstić information content (AvgIpc) is 2.35. The van der Waals surface area contributed by atoms with Crippen LogP contribution in [0.25, 0.3) is 0 Å². The second kappa shape index (κ2) is 6.79. The number of hydrogen-bond donors (Lipinski definition) is 1. The summed E-state index contributed by atoms with van der Waals surface area (Å²) in [6, 6.07) is 8.89. The quantitative estimate of drug-likeness (QED) is 0.796. The molecule has 0 unspecified atom stereocenters. The number of nitrogens with one attached hydrogen (secondary N) is 1. The lowest BCUT2D eigenvalue weighted by molar-refractivity contribution is 0.173. The molecule has 0 saturated carbocycles. The van der Waals surface area contributed by atoms with Crippen LogP contribution in [0.15, 0.2) is 24.3 Å². The van der Waals surface area contributed by atoms with E-state index >= 15 is 0 Å². The Morgan fingerprint density at radius 1 is 1.28 bits per heavy atom. The molecular weight excluding hydrogens is 222 g/mol. The molecule has 0 saturated heterocycles. The number of rotatable bonds is 7. The number of ether oxygens (including phenoxy) is 1. The molecule has 0 fully saturated rings. The molecule has 1 aromatic rings. The minimum Gasteiger partial charge on any atom is -0.493 e. The lowest BCUT2D eigenvalue weighted by Crippen LogP contribution is -2.37. The van der Waals surface area contributed by atoms with E-state index in [0.29, 0.717) is 6.04 Å². The molecule has 0 heterocycles. The van der Waals surface area contributed by atoms with Crippen LogP contribution < -0.4 is 10.1 Å². The highest BCUT2D eigenvalue weighted by atomic mass is 16.5. The molecule has 0 aliphatic rings. The third kappa shape index (κ3) is 5.54. The Morgan fingerprint density at radius 3 is 2.61 bits per heavy atom. The van der Waals surface area contributed by atoms with E-state index in [4.69, 9.17) is 4.74 Å². The topological polar surface area (TPSA) is 21.3 Å². The largest absolute Gasteiger partial charge is 0.493 e. The van der Waals surface area contributed by atoms with E-state index in [2.05, 4.69) is 58.1 Å². The van der Waals surface area contributed by atoms with E-state index in [0.717, 1.165) is 25.3 Å². The minimum absolute atomic E-state index is 0.145. The summed E-state index contributed by atoms with van der Waals surface area (Å²) in [6.07, 6.45) is 1.05. The maximum atomic E-state index is 5.91. The maximum Gasteiger partial charge on any atom is 0.119 e. The van der Waals surface area contributed by atoms with Gasteiger partial charge >= 0.3 is 0 Å². The molecule has 0 bridgehead atoms. The summed E-state index contributed by atoms with van der Waals surface area (Å²) in [5.74, 6) is 0.979. The standard InChI is InChI=1S/C16H27NO/c1-6-14-8-7-9-15(10-14)18-12-16(4,5)11-17-13(2)3/h7-10,13,17H,6,11-12H2,1-5H3. The fourth-order valence-electron chi connectivity index (χ4n) is 1.67. The highest BCUT2D eigenvalue weighted by Crippen LogP contribution is 2.19. The molecule has 0 radical (unpaired) electrons. The Balaban J connectivity index is 2.47. The van der Waals surface area contributed by atoms with Gasteiger partial charge in [0, 0.05) is 18.0 Å². The van der Waals surface area contributed by atoms with E-state index in [1.54, 1.807) is 0 Å². The van der Waals surface area contributed by atoms with E-state index in [1.165, 1.54) is 5.56 Å². The van der Waals surface area contributed by atoms with Gasteiger partial charge in [-0.1, -0.05) is 46.8 Å². The lowest BCUT2D eigenvalue weighted by Gasteiger charge is -2.26. The summed E-state index contributed by atoms with van der Waals surface area (Å²) in [5.41, 5.74) is 1.47. The molecular formula is C16H27NO. The van der Waals surface area contributed by atoms with E-state index in [-0.39, 0.29) is 5.41 Å². The Labute approximate surface area is 112 Å². The number of aryl methyl sites for hydroxylation is 1. The Bertz CT molecular complexity index is 358. The summed E-state index contributed by atoms with van der Waals surface area (Å²) in [6.45, 7) is 12.7. The Morgan fingerprint density at radius 2 is 2.00 bits per heavy atom. The van der Waals surface area contributed by atoms with Crippen molar-refractivity contribution in [2.75, 3.05) is 13.2 Å². The maximum absolute atomic E-state index is 5.91. The average molecular weight is 249 g/mol. The van der Waals surface area contributed by atoms with Crippen molar-refractivity contribution in [1.82, 2.24) is 5.32 Å². The molecule has 18 heavy (non-hydrogen) atoms. The molecule has 2 heteroatoms. The van der Waals surface area contributed by atoms with Gasteiger partial charge < -0.3 is 10.1 Å². The zero-order valence-electron chi connectivity index (χ0n) is 12.4. The van der Waals surface area contributed by atoms with Crippen molar-refractivity contribution >= 4 is 0 Å². The lowest BCUT2D eigenvalue weighted by atomic mass is 9.94. The van der Waals surface area contributed by atoms with Crippen molar-refractivity contribution in [3.63, 3.8) is 0 Å². The predicted octanol–water partition coefficient (Wildman–Crippen LogP) is 3.65. The normalized spacial score (nSPS) is 11.9. The molecule has 0 atom stereocenters. The number of benzene rings is 1. The van der Waals surface area contributed by atoms with Gasteiger partial charge in [-0.05, 0) is 24.1 Å². The van der Waals surface area contributed by atoms with Gasteiger partial charge in [0.15, 0.2) is 0 Å². The van der Waals surface area contributed by atoms with E-state index in [1.807, 2.05) is 6.07 Å². The zero-order valence-corrected chi connectivity index (χ0v) is 12.4. The molecule has 1 rings (SSSR count). The molecule has 0 aromatic heterocycles. The van der Waals surface area contributed by atoms with Crippen molar-refractivity contribution in [3.05, 3.63) is 29.8 Å². The van der Waals surface area contributed by atoms with Gasteiger partial charge in [-0.2, -0.15) is 0 Å².